The van der Waals surface area contributed by atoms with Crippen LogP contribution in [0.15, 0.2) is 59.8 Å². The number of amides is 2. The van der Waals surface area contributed by atoms with Gasteiger partial charge in [0.1, 0.15) is 11.6 Å². The number of hydrogen-bond donors (Lipinski definition) is 5. The number of fused-ring (bicyclic) bond motifs is 1. The van der Waals surface area contributed by atoms with Gasteiger partial charge in [0.15, 0.2) is 11.0 Å². The summed E-state index contributed by atoms with van der Waals surface area (Å²) in [5.41, 5.74) is 2.64. The summed E-state index contributed by atoms with van der Waals surface area (Å²) in [5.74, 6) is 1.82. The lowest BCUT2D eigenvalue weighted by atomic mass is 10.2. The summed E-state index contributed by atoms with van der Waals surface area (Å²) in [6.07, 6.45) is 0. The molecule has 2 aromatic carbocycles. The van der Waals surface area contributed by atoms with Crippen molar-refractivity contribution >= 4 is 57.8 Å². The van der Waals surface area contributed by atoms with Crippen LogP contribution in [0.25, 0.3) is 22.4 Å². The Labute approximate surface area is 223 Å². The molecule has 0 atom stereocenters. The molecule has 5 N–H and O–H groups in total. The fourth-order valence-corrected chi connectivity index (χ4v) is 4.20. The molecule has 12 heteroatoms. The fraction of sp³-hybridized carbons (Fsp3) is 0.240. The van der Waals surface area contributed by atoms with Crippen molar-refractivity contribution in [2.45, 2.75) is 12.1 Å². The molecule has 192 valence electrons. The van der Waals surface area contributed by atoms with E-state index in [1.54, 1.807) is 18.2 Å². The van der Waals surface area contributed by atoms with Crippen LogP contribution >= 0.6 is 23.4 Å². The van der Waals surface area contributed by atoms with Gasteiger partial charge < -0.3 is 26.3 Å². The van der Waals surface area contributed by atoms with Gasteiger partial charge in [0.25, 0.3) is 0 Å². The molecule has 4 rings (SSSR count). The largest absolute Gasteiger partial charge is 0.368 e. The number of H-pyrrole nitrogens is 1. The Morgan fingerprint density at radius 3 is 2.24 bits per heavy atom. The quantitative estimate of drug-likeness (QED) is 0.136. The number of carbonyl (C=O) groups excluding carboxylic acids is 2. The number of anilines is 2. The highest BCUT2D eigenvalue weighted by molar-refractivity contribution is 7.99. The average Bonchev–Trinajstić information content (AvgIpc) is 3.31. The topological polar surface area (TPSA) is 137 Å². The van der Waals surface area contributed by atoms with Crippen LogP contribution in [-0.4, -0.2) is 63.7 Å². The second-order valence-electron chi connectivity index (χ2n) is 8.00. The van der Waals surface area contributed by atoms with E-state index in [2.05, 4.69) is 41.2 Å². The van der Waals surface area contributed by atoms with Gasteiger partial charge in [-0.25, -0.2) is 15.0 Å². The van der Waals surface area contributed by atoms with Crippen molar-refractivity contribution in [3.8, 4) is 11.4 Å². The lowest BCUT2D eigenvalue weighted by Gasteiger charge is -2.12. The predicted octanol–water partition coefficient (Wildman–Crippen LogP) is 3.54. The summed E-state index contributed by atoms with van der Waals surface area (Å²) in [7, 11) is 0. The van der Waals surface area contributed by atoms with Crippen LogP contribution in [0.2, 0.25) is 5.02 Å². The molecule has 0 radical (unpaired) electrons. The number of aromatic nitrogens is 4. The lowest BCUT2D eigenvalue weighted by Crippen LogP contribution is -2.30. The first-order valence-corrected chi connectivity index (χ1v) is 13.0. The molecule has 0 aliphatic carbocycles. The second kappa shape index (κ2) is 12.9. The zero-order chi connectivity index (χ0) is 26.0. The Kier molecular flexibility index (Phi) is 9.17. The number of imidazole rings is 1. The van der Waals surface area contributed by atoms with Crippen molar-refractivity contribution in [3.63, 3.8) is 0 Å². The van der Waals surface area contributed by atoms with Crippen molar-refractivity contribution in [1.82, 2.24) is 30.6 Å². The number of halogens is 1. The van der Waals surface area contributed by atoms with E-state index < -0.39 is 0 Å². The van der Waals surface area contributed by atoms with E-state index in [1.165, 1.54) is 18.7 Å². The van der Waals surface area contributed by atoms with Crippen molar-refractivity contribution in [2.24, 2.45) is 0 Å². The van der Waals surface area contributed by atoms with Crippen LogP contribution < -0.4 is 21.3 Å². The lowest BCUT2D eigenvalue weighted by molar-refractivity contribution is -0.119. The molecule has 4 aromatic rings. The number of aromatic amines is 1. The molecular formula is C25H27ClN8O2S. The van der Waals surface area contributed by atoms with Gasteiger partial charge in [-0.1, -0.05) is 35.5 Å². The molecule has 37 heavy (non-hydrogen) atoms. The minimum absolute atomic E-state index is 0.0860. The van der Waals surface area contributed by atoms with E-state index in [9.17, 15) is 9.59 Å². The minimum Gasteiger partial charge on any atom is -0.368 e. The van der Waals surface area contributed by atoms with Crippen molar-refractivity contribution < 1.29 is 9.59 Å². The molecule has 0 aliphatic heterocycles. The van der Waals surface area contributed by atoms with Gasteiger partial charge in [0.05, 0.1) is 16.8 Å². The smallest absolute Gasteiger partial charge is 0.230 e. The Morgan fingerprint density at radius 1 is 0.892 bits per heavy atom. The van der Waals surface area contributed by atoms with E-state index in [0.717, 1.165) is 16.6 Å². The molecule has 10 nitrogen and oxygen atoms in total. The fourth-order valence-electron chi connectivity index (χ4n) is 3.36. The van der Waals surface area contributed by atoms with Gasteiger partial charge in [0.2, 0.25) is 11.8 Å². The summed E-state index contributed by atoms with van der Waals surface area (Å²) >= 11 is 7.37. The number of benzene rings is 2. The zero-order valence-electron chi connectivity index (χ0n) is 20.2. The third-order valence-corrected chi connectivity index (χ3v) is 6.22. The number of nitrogens with one attached hydrogen (secondary N) is 5. The van der Waals surface area contributed by atoms with Crippen LogP contribution in [0.5, 0.6) is 0 Å². The van der Waals surface area contributed by atoms with Gasteiger partial charge in [-0.15, -0.1) is 0 Å². The summed E-state index contributed by atoms with van der Waals surface area (Å²) in [4.78, 5) is 40.2. The first kappa shape index (κ1) is 26.2. The third-order valence-electron chi connectivity index (χ3n) is 5.09. The molecule has 0 aliphatic rings. The van der Waals surface area contributed by atoms with Crippen LogP contribution in [0, 0.1) is 0 Å². The van der Waals surface area contributed by atoms with E-state index in [4.69, 9.17) is 11.6 Å². The third kappa shape index (κ3) is 8.09. The SMILES string of the molecule is CC(=O)NCCNc1cc(NCCNC(=O)CSc2nc3ccccc3[nH]2)nc(-c2ccc(Cl)cc2)n1. The molecular weight excluding hydrogens is 512 g/mol. The van der Waals surface area contributed by atoms with Crippen LogP contribution in [0.3, 0.4) is 0 Å². The molecule has 0 saturated heterocycles. The molecule has 2 heterocycles. The highest BCUT2D eigenvalue weighted by atomic mass is 35.5. The van der Waals surface area contributed by atoms with Crippen LogP contribution in [0.1, 0.15) is 6.92 Å². The molecule has 2 aromatic heterocycles. The van der Waals surface area contributed by atoms with Gasteiger partial charge in [-0.2, -0.15) is 0 Å². The first-order valence-electron chi connectivity index (χ1n) is 11.7. The molecule has 0 spiro atoms. The van der Waals surface area contributed by atoms with Gasteiger partial charge >= 0.3 is 0 Å². The Hall–Kier alpha value is -3.83. The van der Waals surface area contributed by atoms with Crippen molar-refractivity contribution in [1.29, 1.82) is 0 Å². The molecule has 0 unspecified atom stereocenters. The van der Waals surface area contributed by atoms with Gasteiger partial charge in [-0.05, 0) is 36.4 Å². The van der Waals surface area contributed by atoms with E-state index in [0.29, 0.717) is 53.8 Å². The number of thioether (sulfide) groups is 1. The monoisotopic (exact) mass is 538 g/mol. The number of nitrogens with zero attached hydrogens (tertiary/aromatic N) is 3. The molecule has 0 bridgehead atoms. The van der Waals surface area contributed by atoms with E-state index >= 15 is 0 Å². The second-order valence-corrected chi connectivity index (χ2v) is 9.40. The highest BCUT2D eigenvalue weighted by Crippen LogP contribution is 2.22. The zero-order valence-corrected chi connectivity index (χ0v) is 21.7. The number of para-hydroxylation sites is 2. The first-order chi connectivity index (χ1) is 18.0. The summed E-state index contributed by atoms with van der Waals surface area (Å²) in [6, 6.07) is 16.8. The maximum Gasteiger partial charge on any atom is 0.230 e. The molecule has 0 fully saturated rings. The normalized spacial score (nSPS) is 10.8. The van der Waals surface area contributed by atoms with Crippen LogP contribution in [0.4, 0.5) is 11.6 Å². The highest BCUT2D eigenvalue weighted by Gasteiger charge is 2.09. The van der Waals surface area contributed by atoms with E-state index in [-0.39, 0.29) is 17.6 Å². The van der Waals surface area contributed by atoms with Crippen molar-refractivity contribution in [3.05, 3.63) is 59.6 Å². The average molecular weight is 539 g/mol. The summed E-state index contributed by atoms with van der Waals surface area (Å²) in [5, 5.41) is 13.4. The molecule has 0 saturated carbocycles. The Morgan fingerprint density at radius 2 is 1.57 bits per heavy atom. The minimum atomic E-state index is -0.0910. The number of rotatable bonds is 12. The Bertz CT molecular complexity index is 1330. The van der Waals surface area contributed by atoms with Gasteiger partial charge in [0, 0.05) is 49.8 Å². The Balaban J connectivity index is 1.29. The summed E-state index contributed by atoms with van der Waals surface area (Å²) in [6.45, 7) is 3.35. The van der Waals surface area contributed by atoms with Crippen LogP contribution in [-0.2, 0) is 9.59 Å². The van der Waals surface area contributed by atoms with E-state index in [1.807, 2.05) is 36.4 Å². The number of hydrogen-bond acceptors (Lipinski definition) is 8. The summed E-state index contributed by atoms with van der Waals surface area (Å²) < 4.78 is 0. The number of carbonyl (C=O) groups is 2. The standard InChI is InChI=1S/C25H27ClN8O2S/c1-16(35)27-10-11-28-21-14-22(34-24(33-21)17-6-8-18(26)9-7-17)29-12-13-30-23(36)15-37-25-31-19-4-2-3-5-20(19)32-25/h2-9,14H,10-13,15H2,1H3,(H,27,35)(H,30,36)(H,31,32)(H2,28,29,33,34). The maximum absolute atomic E-state index is 12.3. The van der Waals surface area contributed by atoms with Gasteiger partial charge in [-0.3, -0.25) is 9.59 Å². The predicted molar refractivity (Wildman–Crippen MR) is 148 cm³/mol. The van der Waals surface area contributed by atoms with Crippen molar-refractivity contribution in [2.75, 3.05) is 42.6 Å². The molecule has 2 amide bonds. The maximum atomic E-state index is 12.3.